The summed E-state index contributed by atoms with van der Waals surface area (Å²) in [6.45, 7) is 13.6. The van der Waals surface area contributed by atoms with Crippen molar-refractivity contribution in [1.82, 2.24) is 4.98 Å². The van der Waals surface area contributed by atoms with Crippen LogP contribution in [0, 0.1) is 0 Å². The van der Waals surface area contributed by atoms with Crippen LogP contribution < -0.4 is 0 Å². The van der Waals surface area contributed by atoms with E-state index >= 15 is 0 Å². The summed E-state index contributed by atoms with van der Waals surface area (Å²) in [6.07, 6.45) is 0. The van der Waals surface area contributed by atoms with Crippen LogP contribution in [-0.2, 0) is 0 Å². The monoisotopic (exact) mass is 319 g/mol. The Morgan fingerprint density at radius 1 is 0.810 bits per heavy atom. The molecule has 0 aliphatic carbocycles. The van der Waals surface area contributed by atoms with Gasteiger partial charge in [0.1, 0.15) is 0 Å². The van der Waals surface area contributed by atoms with Gasteiger partial charge in [0.15, 0.2) is 0 Å². The number of nitrogens with one attached hydrogen (secondary N) is 1. The molecule has 114 valence electrons. The van der Waals surface area contributed by atoms with Crippen LogP contribution in [0.1, 0.15) is 41.5 Å². The van der Waals surface area contributed by atoms with E-state index in [2.05, 4.69) is 82.9 Å². The van der Waals surface area contributed by atoms with Crippen LogP contribution in [0.25, 0.3) is 11.3 Å². The smallest absolute Gasteiger partial charge is 0.0870 e. The lowest BCUT2D eigenvalue weighted by Gasteiger charge is -2.21. The van der Waals surface area contributed by atoms with Gasteiger partial charge < -0.3 is 4.98 Å². The lowest BCUT2D eigenvalue weighted by atomic mass is 10.2. The predicted octanol–water partition coefficient (Wildman–Crippen LogP) is 6.46. The number of benzene rings is 1. The molecule has 0 fully saturated rings. The third-order valence-electron chi connectivity index (χ3n) is 2.66. The molecule has 1 N–H and O–H groups in total. The molecule has 0 aliphatic heterocycles. The number of aromatic nitrogens is 1. The zero-order chi connectivity index (χ0) is 15.7. The van der Waals surface area contributed by atoms with Crippen LogP contribution in [0.15, 0.2) is 46.3 Å². The van der Waals surface area contributed by atoms with Gasteiger partial charge in [-0.15, -0.1) is 23.5 Å². The highest BCUT2D eigenvalue weighted by Gasteiger charge is 2.22. The van der Waals surface area contributed by atoms with Crippen LogP contribution in [-0.4, -0.2) is 14.5 Å². The molecule has 0 saturated carbocycles. The second-order valence-corrected chi connectivity index (χ2v) is 10.9. The van der Waals surface area contributed by atoms with E-state index in [9.17, 15) is 0 Å². The average Bonchev–Trinajstić information content (AvgIpc) is 2.69. The molecule has 0 radical (unpaired) electrons. The first-order chi connectivity index (χ1) is 9.64. The van der Waals surface area contributed by atoms with Crippen molar-refractivity contribution in [2.45, 2.75) is 61.0 Å². The summed E-state index contributed by atoms with van der Waals surface area (Å²) in [5.74, 6) is 0. The minimum atomic E-state index is 0.200. The van der Waals surface area contributed by atoms with Crippen LogP contribution in [0.2, 0.25) is 0 Å². The minimum Gasteiger partial charge on any atom is -0.349 e. The number of hydrogen-bond donors (Lipinski definition) is 1. The van der Waals surface area contributed by atoms with Crippen molar-refractivity contribution < 1.29 is 0 Å². The first-order valence-corrected chi connectivity index (χ1v) is 8.94. The molecule has 21 heavy (non-hydrogen) atoms. The third kappa shape index (κ3) is 5.15. The minimum absolute atomic E-state index is 0.200. The lowest BCUT2D eigenvalue weighted by molar-refractivity contribution is 0.792. The summed E-state index contributed by atoms with van der Waals surface area (Å²) in [7, 11) is 0. The molecule has 2 aromatic rings. The van der Waals surface area contributed by atoms with Gasteiger partial charge in [-0.25, -0.2) is 0 Å². The van der Waals surface area contributed by atoms with Crippen LogP contribution in [0.3, 0.4) is 0 Å². The Morgan fingerprint density at radius 2 is 1.38 bits per heavy atom. The van der Waals surface area contributed by atoms with E-state index in [-0.39, 0.29) is 9.49 Å². The first-order valence-electron chi connectivity index (χ1n) is 7.30. The fourth-order valence-corrected chi connectivity index (χ4v) is 4.14. The molecule has 3 heteroatoms. The highest BCUT2D eigenvalue weighted by Crippen LogP contribution is 2.43. The lowest BCUT2D eigenvalue weighted by Crippen LogP contribution is -2.09. The van der Waals surface area contributed by atoms with Gasteiger partial charge >= 0.3 is 0 Å². The van der Waals surface area contributed by atoms with E-state index in [1.54, 1.807) is 0 Å². The quantitative estimate of drug-likeness (QED) is 0.653. The van der Waals surface area contributed by atoms with E-state index in [4.69, 9.17) is 0 Å². The summed E-state index contributed by atoms with van der Waals surface area (Å²) in [5.41, 5.74) is 2.45. The second-order valence-electron chi connectivity index (χ2n) is 7.17. The first kappa shape index (κ1) is 16.6. The Kier molecular flexibility index (Phi) is 4.84. The maximum atomic E-state index is 3.62. The molecule has 1 heterocycles. The van der Waals surface area contributed by atoms with Crippen LogP contribution >= 0.6 is 23.5 Å². The summed E-state index contributed by atoms with van der Waals surface area (Å²) in [6, 6.07) is 12.8. The summed E-state index contributed by atoms with van der Waals surface area (Å²) in [5, 5.41) is 1.28. The van der Waals surface area contributed by atoms with Crippen molar-refractivity contribution in [2.75, 3.05) is 0 Å². The number of aromatic amines is 1. The standard InChI is InChI=1S/C18H25NS2/c1-17(2,3)20-15-12-14(13-10-8-7-9-11-13)19-16(15)21-18(4,5)6/h7-12,19H,1-6H3. The Balaban J connectivity index is 2.39. The predicted molar refractivity (Wildman–Crippen MR) is 97.4 cm³/mol. The van der Waals surface area contributed by atoms with Crippen molar-refractivity contribution in [3.8, 4) is 11.3 Å². The number of thioether (sulfide) groups is 2. The third-order valence-corrected chi connectivity index (χ3v) is 5.08. The maximum absolute atomic E-state index is 3.62. The molecule has 0 amide bonds. The van der Waals surface area contributed by atoms with E-state index < -0.39 is 0 Å². The van der Waals surface area contributed by atoms with Gasteiger partial charge in [0.25, 0.3) is 0 Å². The summed E-state index contributed by atoms with van der Waals surface area (Å²) in [4.78, 5) is 4.97. The maximum Gasteiger partial charge on any atom is 0.0870 e. The normalized spacial score (nSPS) is 12.7. The van der Waals surface area contributed by atoms with E-state index in [1.807, 2.05) is 23.5 Å². The molecule has 1 aromatic heterocycles. The van der Waals surface area contributed by atoms with E-state index in [1.165, 1.54) is 21.2 Å². The molecule has 0 saturated heterocycles. The largest absolute Gasteiger partial charge is 0.349 e. The van der Waals surface area contributed by atoms with Gasteiger partial charge in [0, 0.05) is 20.1 Å². The van der Waals surface area contributed by atoms with Crippen LogP contribution in [0.5, 0.6) is 0 Å². The van der Waals surface area contributed by atoms with Gasteiger partial charge in [-0.3, -0.25) is 0 Å². The zero-order valence-electron chi connectivity index (χ0n) is 13.8. The molecule has 0 bridgehead atoms. The Morgan fingerprint density at radius 3 is 1.90 bits per heavy atom. The second kappa shape index (κ2) is 6.13. The molecular formula is C18H25NS2. The van der Waals surface area contributed by atoms with Crippen molar-refractivity contribution in [3.63, 3.8) is 0 Å². The molecule has 0 spiro atoms. The summed E-state index contributed by atoms with van der Waals surface area (Å²) < 4.78 is 0.412. The van der Waals surface area contributed by atoms with Gasteiger partial charge in [0.2, 0.25) is 0 Å². The fraction of sp³-hybridized carbons (Fsp3) is 0.444. The highest BCUT2D eigenvalue weighted by atomic mass is 32.2. The Hall–Kier alpha value is -0.800. The summed E-state index contributed by atoms with van der Waals surface area (Å²) >= 11 is 3.84. The topological polar surface area (TPSA) is 15.8 Å². The van der Waals surface area contributed by atoms with Gasteiger partial charge in [-0.05, 0) is 11.6 Å². The van der Waals surface area contributed by atoms with Gasteiger partial charge in [0.05, 0.1) is 5.03 Å². The zero-order valence-corrected chi connectivity index (χ0v) is 15.4. The highest BCUT2D eigenvalue weighted by molar-refractivity contribution is 8.03. The fourth-order valence-electron chi connectivity index (χ4n) is 1.98. The molecule has 2 rings (SSSR count). The van der Waals surface area contributed by atoms with Crippen molar-refractivity contribution in [3.05, 3.63) is 36.4 Å². The number of H-pyrrole nitrogens is 1. The number of hydrogen-bond acceptors (Lipinski definition) is 2. The average molecular weight is 320 g/mol. The molecule has 1 aromatic carbocycles. The van der Waals surface area contributed by atoms with Crippen LogP contribution in [0.4, 0.5) is 0 Å². The van der Waals surface area contributed by atoms with Crippen molar-refractivity contribution in [2.24, 2.45) is 0 Å². The van der Waals surface area contributed by atoms with E-state index in [0.29, 0.717) is 0 Å². The number of rotatable bonds is 3. The molecule has 0 unspecified atom stereocenters. The molecular weight excluding hydrogens is 294 g/mol. The molecule has 0 atom stereocenters. The Bertz CT molecular complexity index is 552. The van der Waals surface area contributed by atoms with E-state index in [0.717, 1.165) is 0 Å². The van der Waals surface area contributed by atoms with Gasteiger partial charge in [-0.2, -0.15) is 0 Å². The molecule has 0 aliphatic rings. The molecule has 1 nitrogen and oxygen atoms in total. The van der Waals surface area contributed by atoms with Crippen molar-refractivity contribution >= 4 is 23.5 Å². The van der Waals surface area contributed by atoms with Gasteiger partial charge in [-0.1, -0.05) is 71.9 Å². The SMILES string of the molecule is CC(C)(C)Sc1cc(-c2ccccc2)[nH]c1SC(C)(C)C. The Labute approximate surface area is 137 Å². The van der Waals surface area contributed by atoms with Crippen molar-refractivity contribution in [1.29, 1.82) is 0 Å².